The molecule has 0 aromatic heterocycles. The minimum absolute atomic E-state index is 0.0859. The van der Waals surface area contributed by atoms with E-state index < -0.39 is 23.8 Å². The minimum Gasteiger partial charge on any atom is -0.361 e. The van der Waals surface area contributed by atoms with Crippen LogP contribution in [0.2, 0.25) is 5.02 Å². The number of nitrogens with one attached hydrogen (secondary N) is 1. The maximum atomic E-state index is 13.2. The van der Waals surface area contributed by atoms with Gasteiger partial charge in [0, 0.05) is 18.1 Å². The molecule has 1 saturated heterocycles. The molecule has 9 heteroatoms. The second-order valence-corrected chi connectivity index (χ2v) is 7.32. The first-order chi connectivity index (χ1) is 13.8. The smallest absolute Gasteiger partial charge is 0.311 e. The van der Waals surface area contributed by atoms with Gasteiger partial charge in [-0.2, -0.15) is 0 Å². The molecule has 1 fully saturated rings. The summed E-state index contributed by atoms with van der Waals surface area (Å²) in [7, 11) is 0. The van der Waals surface area contributed by atoms with Gasteiger partial charge in [0.15, 0.2) is 0 Å². The van der Waals surface area contributed by atoms with Crippen molar-refractivity contribution in [1.29, 1.82) is 0 Å². The highest BCUT2D eigenvalue weighted by atomic mass is 35.5. The Labute approximate surface area is 171 Å². The highest BCUT2D eigenvalue weighted by Gasteiger charge is 2.41. The van der Waals surface area contributed by atoms with E-state index in [0.29, 0.717) is 16.3 Å². The first kappa shape index (κ1) is 18.9. The van der Waals surface area contributed by atoms with Crippen LogP contribution in [0.5, 0.6) is 0 Å². The predicted octanol–water partition coefficient (Wildman–Crippen LogP) is 1.10. The molecule has 2 aromatic rings. The van der Waals surface area contributed by atoms with E-state index in [-0.39, 0.29) is 25.5 Å². The molecule has 4 amide bonds. The van der Waals surface area contributed by atoms with E-state index in [2.05, 4.69) is 5.32 Å². The van der Waals surface area contributed by atoms with E-state index in [1.54, 1.807) is 24.3 Å². The van der Waals surface area contributed by atoms with Crippen LogP contribution in [0.15, 0.2) is 42.5 Å². The third-order valence-electron chi connectivity index (χ3n) is 5.13. The van der Waals surface area contributed by atoms with E-state index in [9.17, 15) is 19.2 Å². The summed E-state index contributed by atoms with van der Waals surface area (Å²) in [5.74, 6) is -2.69. The summed E-state index contributed by atoms with van der Waals surface area (Å²) < 4.78 is 0. The number of nitrogens with two attached hydrogens (primary N) is 1. The van der Waals surface area contributed by atoms with Crippen molar-refractivity contribution in [3.63, 3.8) is 0 Å². The van der Waals surface area contributed by atoms with Gasteiger partial charge in [0.25, 0.3) is 5.91 Å². The van der Waals surface area contributed by atoms with E-state index in [4.69, 9.17) is 17.3 Å². The number of nitrogens with zero attached hydrogens (tertiary/aromatic N) is 2. The van der Waals surface area contributed by atoms with Crippen molar-refractivity contribution in [2.75, 3.05) is 25.0 Å². The number of hydrogen-bond acceptors (Lipinski definition) is 4. The van der Waals surface area contributed by atoms with Gasteiger partial charge in [-0.05, 0) is 35.4 Å². The van der Waals surface area contributed by atoms with Crippen molar-refractivity contribution in [2.45, 2.75) is 6.04 Å². The van der Waals surface area contributed by atoms with Gasteiger partial charge in [0.2, 0.25) is 5.91 Å². The zero-order valence-electron chi connectivity index (χ0n) is 15.2. The number of hydrogen-bond donors (Lipinski definition) is 2. The van der Waals surface area contributed by atoms with Gasteiger partial charge in [-0.15, -0.1) is 0 Å². The summed E-state index contributed by atoms with van der Waals surface area (Å²) in [6.07, 6.45) is 0. The molecule has 2 aromatic carbocycles. The molecular weight excluding hydrogens is 396 g/mol. The second kappa shape index (κ2) is 7.21. The molecule has 8 nitrogen and oxygen atoms in total. The Kier molecular flexibility index (Phi) is 4.71. The Hall–Kier alpha value is -3.39. The summed E-state index contributed by atoms with van der Waals surface area (Å²) in [6, 6.07) is 11.5. The first-order valence-electron chi connectivity index (χ1n) is 8.95. The van der Waals surface area contributed by atoms with Gasteiger partial charge in [0.05, 0.1) is 17.8 Å². The summed E-state index contributed by atoms with van der Waals surface area (Å²) in [5, 5.41) is 3.36. The van der Waals surface area contributed by atoms with E-state index >= 15 is 0 Å². The number of fused-ring (bicyclic) bond motifs is 2. The standard InChI is InChI=1S/C20H17ClN4O4/c21-13-4-1-11(2-5-13)12-3-6-15-14(9-12)19(28)25-8-7-24(20(29)17(22)26)10-16(25)18(27)23-15/h1-6,9,16H,7-8,10H2,(H2,22,26)(H,23,27)/t16-/m0/s1. The molecule has 4 rings (SSSR count). The number of primary amides is 1. The Balaban J connectivity index is 1.67. The van der Waals surface area contributed by atoms with E-state index in [1.165, 1.54) is 9.80 Å². The number of carbonyl (C=O) groups is 4. The lowest BCUT2D eigenvalue weighted by atomic mass is 10.0. The number of piperazine rings is 1. The highest BCUT2D eigenvalue weighted by Crippen LogP contribution is 2.30. The SMILES string of the molecule is NC(=O)C(=O)N1CCN2C(=O)c3cc(-c4ccc(Cl)cc4)ccc3NC(=O)[C@@H]2C1. The molecule has 0 unspecified atom stereocenters. The van der Waals surface area contributed by atoms with Gasteiger partial charge in [-0.25, -0.2) is 0 Å². The van der Waals surface area contributed by atoms with Crippen LogP contribution in [0.3, 0.4) is 0 Å². The van der Waals surface area contributed by atoms with Gasteiger partial charge in [-0.3, -0.25) is 19.2 Å². The fourth-order valence-corrected chi connectivity index (χ4v) is 3.74. The van der Waals surface area contributed by atoms with Gasteiger partial charge >= 0.3 is 11.8 Å². The van der Waals surface area contributed by atoms with Crippen LogP contribution < -0.4 is 11.1 Å². The lowest BCUT2D eigenvalue weighted by Crippen LogP contribution is -2.60. The monoisotopic (exact) mass is 412 g/mol. The lowest BCUT2D eigenvalue weighted by molar-refractivity contribution is -0.146. The van der Waals surface area contributed by atoms with Gasteiger partial charge < -0.3 is 20.9 Å². The molecule has 148 valence electrons. The van der Waals surface area contributed by atoms with Crippen molar-refractivity contribution < 1.29 is 19.2 Å². The molecule has 2 aliphatic rings. The minimum atomic E-state index is -1.09. The van der Waals surface area contributed by atoms with Crippen molar-refractivity contribution in [3.8, 4) is 11.1 Å². The topological polar surface area (TPSA) is 113 Å². The fourth-order valence-electron chi connectivity index (χ4n) is 3.61. The average molecular weight is 413 g/mol. The first-order valence-corrected chi connectivity index (χ1v) is 9.33. The molecule has 2 aliphatic heterocycles. The summed E-state index contributed by atoms with van der Waals surface area (Å²) in [4.78, 5) is 51.6. The van der Waals surface area contributed by atoms with Crippen LogP contribution in [-0.2, 0) is 14.4 Å². The third-order valence-corrected chi connectivity index (χ3v) is 5.38. The molecular formula is C20H17ClN4O4. The molecule has 0 bridgehead atoms. The Morgan fingerprint density at radius 1 is 1.03 bits per heavy atom. The molecule has 3 N–H and O–H groups in total. The number of anilines is 1. The van der Waals surface area contributed by atoms with Crippen LogP contribution in [0.25, 0.3) is 11.1 Å². The number of rotatable bonds is 1. The van der Waals surface area contributed by atoms with Gasteiger partial charge in [0.1, 0.15) is 6.04 Å². The van der Waals surface area contributed by atoms with E-state index in [1.807, 2.05) is 18.2 Å². The molecule has 1 atom stereocenters. The zero-order valence-corrected chi connectivity index (χ0v) is 16.0. The third kappa shape index (κ3) is 3.42. The number of halogens is 1. The Morgan fingerprint density at radius 2 is 1.72 bits per heavy atom. The fraction of sp³-hybridized carbons (Fsp3) is 0.200. The maximum absolute atomic E-state index is 13.2. The van der Waals surface area contributed by atoms with Crippen LogP contribution in [0, 0.1) is 0 Å². The Morgan fingerprint density at radius 3 is 2.41 bits per heavy atom. The van der Waals surface area contributed by atoms with Crippen molar-refractivity contribution in [1.82, 2.24) is 9.80 Å². The van der Waals surface area contributed by atoms with Crippen LogP contribution >= 0.6 is 11.6 Å². The molecule has 2 heterocycles. The maximum Gasteiger partial charge on any atom is 0.311 e. The quantitative estimate of drug-likeness (QED) is 0.683. The molecule has 0 radical (unpaired) electrons. The zero-order chi connectivity index (χ0) is 20.7. The average Bonchev–Trinajstić information content (AvgIpc) is 2.82. The summed E-state index contributed by atoms with van der Waals surface area (Å²) in [5.41, 5.74) is 7.52. The highest BCUT2D eigenvalue weighted by molar-refractivity contribution is 6.34. The molecule has 0 aliphatic carbocycles. The molecule has 0 saturated carbocycles. The van der Waals surface area contributed by atoms with Crippen LogP contribution in [0.4, 0.5) is 5.69 Å². The van der Waals surface area contributed by atoms with Crippen molar-refractivity contribution in [2.24, 2.45) is 5.73 Å². The van der Waals surface area contributed by atoms with Crippen molar-refractivity contribution in [3.05, 3.63) is 53.1 Å². The number of amides is 4. The summed E-state index contributed by atoms with van der Waals surface area (Å²) >= 11 is 5.94. The number of benzene rings is 2. The second-order valence-electron chi connectivity index (χ2n) is 6.89. The van der Waals surface area contributed by atoms with Crippen molar-refractivity contribution >= 4 is 40.9 Å². The predicted molar refractivity (Wildman–Crippen MR) is 106 cm³/mol. The largest absolute Gasteiger partial charge is 0.361 e. The lowest BCUT2D eigenvalue weighted by Gasteiger charge is -2.38. The Bertz CT molecular complexity index is 1040. The molecule has 0 spiro atoms. The summed E-state index contributed by atoms with van der Waals surface area (Å²) in [6.45, 7) is 0.168. The van der Waals surface area contributed by atoms with Crippen LogP contribution in [-0.4, -0.2) is 59.1 Å². The van der Waals surface area contributed by atoms with Crippen LogP contribution in [0.1, 0.15) is 10.4 Å². The molecule has 29 heavy (non-hydrogen) atoms. The number of carbonyl (C=O) groups excluding carboxylic acids is 4. The van der Waals surface area contributed by atoms with Gasteiger partial charge in [-0.1, -0.05) is 29.8 Å². The van der Waals surface area contributed by atoms with E-state index in [0.717, 1.165) is 11.1 Å². The normalized spacial score (nSPS) is 18.4.